The number of urea groups is 2. The first-order valence-electron chi connectivity index (χ1n) is 14.1. The zero-order valence-electron chi connectivity index (χ0n) is 23.5. The van der Waals surface area contributed by atoms with Gasteiger partial charge in [-0.1, -0.05) is 30.3 Å². The van der Waals surface area contributed by atoms with Crippen LogP contribution in [-0.4, -0.2) is 60.1 Å². The summed E-state index contributed by atoms with van der Waals surface area (Å²) in [5.41, 5.74) is 2.08. The highest BCUT2D eigenvalue weighted by molar-refractivity contribution is 6.01. The van der Waals surface area contributed by atoms with Gasteiger partial charge in [-0.2, -0.15) is 0 Å². The molecule has 1 saturated heterocycles. The number of esters is 1. The monoisotopic (exact) mass is 577 g/mol. The number of allylic oxidation sites excluding steroid dienone is 1. The number of carbonyl (C=O) groups excluding carboxylic acids is 3. The van der Waals surface area contributed by atoms with Crippen LogP contribution in [0.4, 0.5) is 24.1 Å². The average Bonchev–Trinajstić information content (AvgIpc) is 3.46. The Morgan fingerprint density at radius 3 is 2.36 bits per heavy atom. The summed E-state index contributed by atoms with van der Waals surface area (Å²) in [6.07, 6.45) is 4.82. The third-order valence-corrected chi connectivity index (χ3v) is 8.59. The third kappa shape index (κ3) is 5.85. The van der Waals surface area contributed by atoms with Gasteiger partial charge in [0.05, 0.1) is 19.3 Å². The Morgan fingerprint density at radius 1 is 1.02 bits per heavy atom. The molecule has 2 unspecified atom stereocenters. The lowest BCUT2D eigenvalue weighted by atomic mass is 9.81. The van der Waals surface area contributed by atoms with E-state index >= 15 is 0 Å². The summed E-state index contributed by atoms with van der Waals surface area (Å²) in [6, 6.07) is 8.16. The molecule has 2 aromatic rings. The molecule has 2 atom stereocenters. The van der Waals surface area contributed by atoms with Crippen molar-refractivity contribution in [1.82, 2.24) is 20.4 Å². The molecule has 4 amide bonds. The topological polar surface area (TPSA) is 95.3 Å². The van der Waals surface area contributed by atoms with E-state index in [0.29, 0.717) is 30.6 Å². The number of hydrogen-bond donors (Lipinski definition) is 2. The van der Waals surface area contributed by atoms with E-state index in [9.17, 15) is 23.2 Å². The van der Waals surface area contributed by atoms with E-state index in [-0.39, 0.29) is 22.9 Å². The third-order valence-electron chi connectivity index (χ3n) is 8.59. The Kier molecular flexibility index (Phi) is 8.54. The molecule has 42 heavy (non-hydrogen) atoms. The zero-order chi connectivity index (χ0) is 30.0. The smallest absolute Gasteiger partial charge is 0.337 e. The molecule has 0 radical (unpaired) electrons. The largest absolute Gasteiger partial charge is 0.466 e. The lowest BCUT2D eigenvalue weighted by Gasteiger charge is -2.37. The van der Waals surface area contributed by atoms with Crippen LogP contribution in [0.2, 0.25) is 0 Å². The van der Waals surface area contributed by atoms with Gasteiger partial charge in [-0.05, 0) is 68.2 Å². The normalized spacial score (nSPS) is 24.6. The summed E-state index contributed by atoms with van der Waals surface area (Å²) < 4.78 is 32.8. The minimum atomic E-state index is -1.31. The SMILES string of the molecule is [C-]#[N+]c1ccc(C2CCC(N3CCC(NC(=O)N4C(=O)NC(C)=C(C(=O)OC)C4c4ccc(F)c(F)c4)C3)CC2)cc1. The first-order chi connectivity index (χ1) is 20.2. The van der Waals surface area contributed by atoms with E-state index in [2.05, 4.69) is 20.4 Å². The summed E-state index contributed by atoms with van der Waals surface area (Å²) >= 11 is 0. The van der Waals surface area contributed by atoms with Crippen molar-refractivity contribution >= 4 is 23.7 Å². The first-order valence-corrected chi connectivity index (χ1v) is 14.1. The molecule has 2 N–H and O–H groups in total. The molecule has 0 aromatic heterocycles. The van der Waals surface area contributed by atoms with Crippen molar-refractivity contribution in [3.63, 3.8) is 0 Å². The highest BCUT2D eigenvalue weighted by Crippen LogP contribution is 2.37. The highest BCUT2D eigenvalue weighted by Gasteiger charge is 2.43. The summed E-state index contributed by atoms with van der Waals surface area (Å²) in [7, 11) is 1.16. The summed E-state index contributed by atoms with van der Waals surface area (Å²) in [5, 5.41) is 5.45. The first kappa shape index (κ1) is 29.2. The van der Waals surface area contributed by atoms with E-state index in [1.54, 1.807) is 0 Å². The number of likely N-dealkylation sites (tertiary alicyclic amines) is 1. The van der Waals surface area contributed by atoms with Crippen molar-refractivity contribution in [1.29, 1.82) is 0 Å². The van der Waals surface area contributed by atoms with E-state index in [1.807, 2.05) is 24.3 Å². The van der Waals surface area contributed by atoms with Crippen LogP contribution in [0, 0.1) is 18.2 Å². The fraction of sp³-hybridized carbons (Fsp3) is 0.419. The Labute approximate surface area is 243 Å². The van der Waals surface area contributed by atoms with Gasteiger partial charge in [0.1, 0.15) is 6.04 Å². The van der Waals surface area contributed by atoms with Gasteiger partial charge in [-0.25, -0.2) is 32.9 Å². The van der Waals surface area contributed by atoms with Gasteiger partial charge < -0.3 is 15.4 Å². The van der Waals surface area contributed by atoms with Gasteiger partial charge in [0, 0.05) is 30.9 Å². The number of imide groups is 1. The Hall–Kier alpha value is -4.30. The lowest BCUT2D eigenvalue weighted by Crippen LogP contribution is -2.56. The van der Waals surface area contributed by atoms with Crippen molar-refractivity contribution in [2.24, 2.45) is 0 Å². The van der Waals surface area contributed by atoms with E-state index in [0.717, 1.165) is 56.4 Å². The molecule has 1 aliphatic carbocycles. The molecule has 11 heteroatoms. The fourth-order valence-electron chi connectivity index (χ4n) is 6.40. The number of methoxy groups -OCH3 is 1. The van der Waals surface area contributed by atoms with Gasteiger partial charge in [0.2, 0.25) is 0 Å². The summed E-state index contributed by atoms with van der Waals surface area (Å²) in [5.74, 6) is -2.59. The average molecular weight is 578 g/mol. The van der Waals surface area contributed by atoms with Crippen LogP contribution < -0.4 is 10.6 Å². The molecule has 9 nitrogen and oxygen atoms in total. The number of hydrogen-bond acceptors (Lipinski definition) is 5. The predicted molar refractivity (Wildman–Crippen MR) is 150 cm³/mol. The maximum atomic E-state index is 14.2. The molecule has 0 bridgehead atoms. The van der Waals surface area contributed by atoms with Crippen LogP contribution in [0.5, 0.6) is 0 Å². The maximum absolute atomic E-state index is 14.2. The van der Waals surface area contributed by atoms with Crippen molar-refractivity contribution in [2.75, 3.05) is 20.2 Å². The molecule has 0 spiro atoms. The maximum Gasteiger partial charge on any atom is 0.337 e. The minimum Gasteiger partial charge on any atom is -0.466 e. The number of rotatable bonds is 5. The molecule has 2 heterocycles. The molecule has 5 rings (SSSR count). The van der Waals surface area contributed by atoms with E-state index in [1.165, 1.54) is 18.6 Å². The fourth-order valence-corrected chi connectivity index (χ4v) is 6.40. The molecule has 2 fully saturated rings. The second-order valence-electron chi connectivity index (χ2n) is 11.0. The van der Waals surface area contributed by atoms with Crippen molar-refractivity contribution < 1.29 is 27.9 Å². The second kappa shape index (κ2) is 12.3. The van der Waals surface area contributed by atoms with Crippen molar-refractivity contribution in [3.8, 4) is 0 Å². The van der Waals surface area contributed by atoms with Crippen molar-refractivity contribution in [2.45, 2.75) is 63.1 Å². The quantitative estimate of drug-likeness (QED) is 0.360. The second-order valence-corrected chi connectivity index (χ2v) is 11.0. The Morgan fingerprint density at radius 2 is 1.71 bits per heavy atom. The molecule has 1 saturated carbocycles. The number of nitrogens with zero attached hydrogens (tertiary/aromatic N) is 3. The Balaban J connectivity index is 1.26. The minimum absolute atomic E-state index is 0.0493. The predicted octanol–water partition coefficient (Wildman–Crippen LogP) is 5.54. The number of nitrogens with one attached hydrogen (secondary N) is 2. The van der Waals surface area contributed by atoms with Gasteiger partial charge in [-0.15, -0.1) is 0 Å². The van der Waals surface area contributed by atoms with E-state index in [4.69, 9.17) is 11.3 Å². The zero-order valence-corrected chi connectivity index (χ0v) is 23.5. The Bertz CT molecular complexity index is 1450. The summed E-state index contributed by atoms with van der Waals surface area (Å²) in [4.78, 5) is 46.0. The molecule has 3 aliphatic rings. The van der Waals surface area contributed by atoms with Crippen LogP contribution in [0.15, 0.2) is 53.7 Å². The van der Waals surface area contributed by atoms with E-state index < -0.39 is 35.7 Å². The van der Waals surface area contributed by atoms with Crippen LogP contribution in [-0.2, 0) is 9.53 Å². The lowest BCUT2D eigenvalue weighted by molar-refractivity contribution is -0.136. The number of ether oxygens (including phenoxy) is 1. The number of carbonyl (C=O) groups is 3. The van der Waals surface area contributed by atoms with Crippen LogP contribution in [0.1, 0.15) is 62.1 Å². The molecular weight excluding hydrogens is 544 g/mol. The van der Waals surface area contributed by atoms with Crippen LogP contribution in [0.25, 0.3) is 4.85 Å². The molecule has 2 aromatic carbocycles. The number of halogens is 2. The van der Waals surface area contributed by atoms with Gasteiger partial charge >= 0.3 is 18.0 Å². The van der Waals surface area contributed by atoms with Gasteiger partial charge in [-0.3, -0.25) is 4.90 Å². The molecular formula is C31H33F2N5O4. The van der Waals surface area contributed by atoms with Gasteiger partial charge in [0.25, 0.3) is 0 Å². The summed E-state index contributed by atoms with van der Waals surface area (Å²) in [6.45, 7) is 10.0. The molecule has 220 valence electrons. The number of amides is 4. The standard InChI is InChI=1S/C31H33F2N5O4/c1-18-27(29(39)42-3)28(21-8-13-25(32)26(33)16-21)38(30(40)35-18)31(41)36-23-14-15-37(17-23)24-11-6-20(7-12-24)19-4-9-22(34-2)10-5-19/h4-5,8-10,13,16,20,23-24,28H,6-7,11-12,14-15,17H2,1,3H3,(H,35,40)(H,36,41). The van der Waals surface area contributed by atoms with Crippen molar-refractivity contribution in [3.05, 3.63) is 87.9 Å². The highest BCUT2D eigenvalue weighted by atomic mass is 19.2. The molecule has 2 aliphatic heterocycles. The number of benzene rings is 2. The van der Waals surface area contributed by atoms with Gasteiger partial charge in [0.15, 0.2) is 17.3 Å². The van der Waals surface area contributed by atoms with Crippen LogP contribution >= 0.6 is 0 Å². The van der Waals surface area contributed by atoms with Crippen LogP contribution in [0.3, 0.4) is 0 Å².